The van der Waals surface area contributed by atoms with Crippen molar-refractivity contribution in [2.75, 3.05) is 11.9 Å². The Labute approximate surface area is 207 Å². The van der Waals surface area contributed by atoms with Crippen LogP contribution in [0.3, 0.4) is 0 Å². The number of nitrogens with zero attached hydrogens (tertiary/aromatic N) is 2. The Hall–Kier alpha value is -3.39. The third kappa shape index (κ3) is 9.41. The van der Waals surface area contributed by atoms with E-state index in [4.69, 9.17) is 9.88 Å². The van der Waals surface area contributed by atoms with Gasteiger partial charge < -0.3 is 15.4 Å². The van der Waals surface area contributed by atoms with Gasteiger partial charge >= 0.3 is 6.09 Å². The Morgan fingerprint density at radius 2 is 1.91 bits per heavy atom. The molecule has 0 unspecified atom stereocenters. The predicted octanol–water partition coefficient (Wildman–Crippen LogP) is 2.40. The summed E-state index contributed by atoms with van der Waals surface area (Å²) in [5.41, 5.74) is 2.29. The first-order valence-corrected chi connectivity index (χ1v) is 13.1. The molecule has 3 aromatic rings. The number of carbonyl (C=O) groups excluding carboxylic acids is 2. The van der Waals surface area contributed by atoms with E-state index in [-0.39, 0.29) is 19.6 Å². The Kier molecular flexibility index (Phi) is 9.66. The normalized spacial score (nSPS) is 12.0. The topological polar surface area (TPSA) is 165 Å². The lowest BCUT2D eigenvalue weighted by atomic mass is 10.1. The fraction of sp³-hybridized carbons (Fsp3) is 0.273. The minimum atomic E-state index is -3.79. The SMILES string of the molecule is NS(=O)(=O)NCCCC[C@H](NC(=O)OCc1ccccc1)C(=O)Nc1nc(-c2cccnc2)cs1. The van der Waals surface area contributed by atoms with Gasteiger partial charge in [-0.1, -0.05) is 30.3 Å². The second-order valence-electron chi connectivity index (χ2n) is 7.46. The molecule has 1 aromatic carbocycles. The van der Waals surface area contributed by atoms with Crippen molar-refractivity contribution in [2.45, 2.75) is 31.9 Å². The zero-order valence-electron chi connectivity index (χ0n) is 18.7. The van der Waals surface area contributed by atoms with E-state index < -0.39 is 28.3 Å². The highest BCUT2D eigenvalue weighted by Crippen LogP contribution is 2.24. The van der Waals surface area contributed by atoms with Crippen LogP contribution in [0, 0.1) is 0 Å². The minimum absolute atomic E-state index is 0.0558. The van der Waals surface area contributed by atoms with Gasteiger partial charge in [-0.25, -0.2) is 19.6 Å². The average molecular weight is 519 g/mol. The van der Waals surface area contributed by atoms with Crippen molar-refractivity contribution in [3.63, 3.8) is 0 Å². The first-order chi connectivity index (χ1) is 16.8. The smallest absolute Gasteiger partial charge is 0.408 e. The number of amides is 2. The number of carbonyl (C=O) groups is 2. The molecule has 2 aromatic heterocycles. The maximum Gasteiger partial charge on any atom is 0.408 e. The van der Waals surface area contributed by atoms with Crippen molar-refractivity contribution in [3.05, 3.63) is 65.8 Å². The van der Waals surface area contributed by atoms with E-state index in [1.54, 1.807) is 23.8 Å². The molecule has 0 saturated carbocycles. The van der Waals surface area contributed by atoms with Gasteiger partial charge in [0.1, 0.15) is 12.6 Å². The molecule has 2 heterocycles. The summed E-state index contributed by atoms with van der Waals surface area (Å²) in [6.07, 6.45) is 3.70. The van der Waals surface area contributed by atoms with Crippen LogP contribution in [0.4, 0.5) is 9.93 Å². The molecule has 0 fully saturated rings. The van der Waals surface area contributed by atoms with Crippen LogP contribution in [-0.4, -0.2) is 43.0 Å². The molecular formula is C22H26N6O5S2. The largest absolute Gasteiger partial charge is 0.445 e. The molecule has 0 spiro atoms. The number of alkyl carbamates (subject to hydrolysis) is 1. The number of hydrogen-bond donors (Lipinski definition) is 4. The van der Waals surface area contributed by atoms with Gasteiger partial charge in [-0.05, 0) is 37.0 Å². The first-order valence-electron chi connectivity index (χ1n) is 10.7. The van der Waals surface area contributed by atoms with Crippen LogP contribution < -0.4 is 20.5 Å². The lowest BCUT2D eigenvalue weighted by molar-refractivity contribution is -0.118. The predicted molar refractivity (Wildman–Crippen MR) is 132 cm³/mol. The number of anilines is 1. The maximum atomic E-state index is 12.9. The van der Waals surface area contributed by atoms with Gasteiger partial charge in [0, 0.05) is 29.9 Å². The quantitative estimate of drug-likeness (QED) is 0.267. The molecule has 3 rings (SSSR count). The van der Waals surface area contributed by atoms with E-state index in [9.17, 15) is 18.0 Å². The number of ether oxygens (including phenoxy) is 1. The zero-order valence-corrected chi connectivity index (χ0v) is 20.3. The Morgan fingerprint density at radius 1 is 1.11 bits per heavy atom. The molecule has 2 amide bonds. The lowest BCUT2D eigenvalue weighted by Gasteiger charge is -2.17. The van der Waals surface area contributed by atoms with Crippen molar-refractivity contribution in [1.82, 2.24) is 20.0 Å². The fourth-order valence-corrected chi connectivity index (χ4v) is 4.19. The molecule has 0 aliphatic heterocycles. The van der Waals surface area contributed by atoms with Gasteiger partial charge in [0.25, 0.3) is 10.2 Å². The molecule has 13 heteroatoms. The molecular weight excluding hydrogens is 492 g/mol. The van der Waals surface area contributed by atoms with Crippen molar-refractivity contribution in [1.29, 1.82) is 0 Å². The average Bonchev–Trinajstić information content (AvgIpc) is 3.31. The molecule has 0 aliphatic rings. The first kappa shape index (κ1) is 26.2. The van der Waals surface area contributed by atoms with E-state index in [1.165, 1.54) is 11.3 Å². The van der Waals surface area contributed by atoms with Crippen LogP contribution in [0.5, 0.6) is 0 Å². The van der Waals surface area contributed by atoms with Crippen LogP contribution in [0.25, 0.3) is 11.3 Å². The summed E-state index contributed by atoms with van der Waals surface area (Å²) in [6, 6.07) is 11.9. The fourth-order valence-electron chi connectivity index (χ4n) is 3.03. The van der Waals surface area contributed by atoms with Crippen LogP contribution in [0.15, 0.2) is 60.2 Å². The van der Waals surface area contributed by atoms with Gasteiger partial charge in [-0.3, -0.25) is 9.78 Å². The maximum absolute atomic E-state index is 12.9. The third-order valence-corrected chi connectivity index (χ3v) is 6.10. The number of thiazole rings is 1. The minimum Gasteiger partial charge on any atom is -0.445 e. The van der Waals surface area contributed by atoms with Crippen LogP contribution in [0.1, 0.15) is 24.8 Å². The lowest BCUT2D eigenvalue weighted by Crippen LogP contribution is -2.44. The number of nitrogens with one attached hydrogen (secondary N) is 3. The Morgan fingerprint density at radius 3 is 2.63 bits per heavy atom. The second kappa shape index (κ2) is 12.9. The molecule has 0 saturated heterocycles. The highest BCUT2D eigenvalue weighted by Gasteiger charge is 2.22. The Bertz CT molecular complexity index is 1210. The molecule has 1 atom stereocenters. The van der Waals surface area contributed by atoms with Crippen molar-refractivity contribution < 1.29 is 22.7 Å². The third-order valence-electron chi connectivity index (χ3n) is 4.74. The summed E-state index contributed by atoms with van der Waals surface area (Å²) in [5, 5.41) is 12.4. The number of pyridine rings is 1. The molecule has 5 N–H and O–H groups in total. The molecule has 0 aliphatic carbocycles. The van der Waals surface area contributed by atoms with Crippen molar-refractivity contribution in [2.24, 2.45) is 5.14 Å². The summed E-state index contributed by atoms with van der Waals surface area (Å²) < 4.78 is 29.4. The van der Waals surface area contributed by atoms with E-state index in [0.29, 0.717) is 23.7 Å². The summed E-state index contributed by atoms with van der Waals surface area (Å²) in [5.74, 6) is -0.465. The summed E-state index contributed by atoms with van der Waals surface area (Å²) in [6.45, 7) is 0.173. The number of aromatic nitrogens is 2. The number of rotatable bonds is 12. The highest BCUT2D eigenvalue weighted by atomic mass is 32.2. The molecule has 186 valence electrons. The monoisotopic (exact) mass is 518 g/mol. The molecule has 0 bridgehead atoms. The number of hydrogen-bond acceptors (Lipinski definition) is 8. The highest BCUT2D eigenvalue weighted by molar-refractivity contribution is 7.87. The number of benzene rings is 1. The van der Waals surface area contributed by atoms with Crippen LogP contribution in [0.2, 0.25) is 0 Å². The van der Waals surface area contributed by atoms with Gasteiger partial charge in [-0.15, -0.1) is 11.3 Å². The standard InChI is InChI=1S/C22H26N6O5S2/c23-35(31,32)25-12-5-4-10-18(27-22(30)33-14-16-7-2-1-3-8-16)20(29)28-21-26-19(15-34-21)17-9-6-11-24-13-17/h1-3,6-9,11,13,15,18,25H,4-5,10,12,14H2,(H,27,30)(H2,23,31,32)(H,26,28,29)/t18-/m0/s1. The molecule has 35 heavy (non-hydrogen) atoms. The van der Waals surface area contributed by atoms with E-state index in [0.717, 1.165) is 11.1 Å². The van der Waals surface area contributed by atoms with Gasteiger partial charge in [0.15, 0.2) is 5.13 Å². The van der Waals surface area contributed by atoms with E-state index in [2.05, 4.69) is 25.3 Å². The summed E-state index contributed by atoms with van der Waals surface area (Å²) in [7, 11) is -3.79. The van der Waals surface area contributed by atoms with E-state index in [1.807, 2.05) is 36.4 Å². The van der Waals surface area contributed by atoms with Gasteiger partial charge in [0.2, 0.25) is 5.91 Å². The van der Waals surface area contributed by atoms with Crippen molar-refractivity contribution in [3.8, 4) is 11.3 Å². The van der Waals surface area contributed by atoms with Gasteiger partial charge in [-0.2, -0.15) is 8.42 Å². The number of unbranched alkanes of at least 4 members (excludes halogenated alkanes) is 1. The Balaban J connectivity index is 1.59. The zero-order chi connectivity index (χ0) is 25.1. The molecule has 0 radical (unpaired) electrons. The van der Waals surface area contributed by atoms with E-state index >= 15 is 0 Å². The van der Waals surface area contributed by atoms with Gasteiger partial charge in [0.05, 0.1) is 5.69 Å². The van der Waals surface area contributed by atoms with Crippen molar-refractivity contribution >= 4 is 38.7 Å². The summed E-state index contributed by atoms with van der Waals surface area (Å²) in [4.78, 5) is 33.8. The second-order valence-corrected chi connectivity index (χ2v) is 9.70. The number of nitrogens with two attached hydrogens (primary N) is 1. The van der Waals surface area contributed by atoms with Crippen LogP contribution >= 0.6 is 11.3 Å². The molecule has 11 nitrogen and oxygen atoms in total. The van der Waals surface area contributed by atoms with Crippen LogP contribution in [-0.2, 0) is 26.3 Å². The summed E-state index contributed by atoms with van der Waals surface area (Å²) >= 11 is 1.25.